The van der Waals surface area contributed by atoms with E-state index in [4.69, 9.17) is 0 Å². The number of nitrogens with zero attached hydrogens (tertiary/aromatic N) is 1. The number of nitrogens with one attached hydrogen (secondary N) is 2. The van der Waals surface area contributed by atoms with Crippen LogP contribution in [-0.4, -0.2) is 30.5 Å². The van der Waals surface area contributed by atoms with Gasteiger partial charge < -0.3 is 15.2 Å². The molecule has 0 aliphatic rings. The maximum Gasteiger partial charge on any atom is 0.261 e. The predicted molar refractivity (Wildman–Crippen MR) is 126 cm³/mol. The quantitative estimate of drug-likeness (QED) is 0.427. The first-order chi connectivity index (χ1) is 14.6. The van der Waals surface area contributed by atoms with E-state index in [-0.39, 0.29) is 11.5 Å². The minimum absolute atomic E-state index is 0.126. The van der Waals surface area contributed by atoms with E-state index in [0.717, 1.165) is 40.7 Å². The average Bonchev–Trinajstić information content (AvgIpc) is 3.22. The average molecular weight is 420 g/mol. The Labute approximate surface area is 179 Å². The summed E-state index contributed by atoms with van der Waals surface area (Å²) in [5, 5.41) is 4.56. The molecule has 0 fully saturated rings. The van der Waals surface area contributed by atoms with E-state index in [0.29, 0.717) is 16.8 Å². The lowest BCUT2D eigenvalue weighted by molar-refractivity contribution is 0.0957. The van der Waals surface area contributed by atoms with Crippen molar-refractivity contribution in [1.29, 1.82) is 0 Å². The molecule has 2 N–H and O–H groups in total. The number of aromatic nitrogens is 1. The van der Waals surface area contributed by atoms with Gasteiger partial charge in [-0.1, -0.05) is 29.8 Å². The Balaban J connectivity index is 1.45. The number of rotatable bonds is 7. The molecule has 0 unspecified atom stereocenters. The molecule has 4 aromatic rings. The highest BCUT2D eigenvalue weighted by molar-refractivity contribution is 7.21. The molecule has 0 saturated carbocycles. The Kier molecular flexibility index (Phi) is 5.86. The highest BCUT2D eigenvalue weighted by Crippen LogP contribution is 2.30. The summed E-state index contributed by atoms with van der Waals surface area (Å²) in [5.41, 5.74) is 2.96. The fourth-order valence-electron chi connectivity index (χ4n) is 3.68. The number of benzene rings is 2. The molecule has 0 spiro atoms. The third-order valence-corrected chi connectivity index (χ3v) is 6.43. The van der Waals surface area contributed by atoms with Gasteiger partial charge in [-0.2, -0.15) is 0 Å². The number of thiophene rings is 1. The molecule has 1 amide bonds. The second-order valence-electron chi connectivity index (χ2n) is 7.38. The monoisotopic (exact) mass is 419 g/mol. The van der Waals surface area contributed by atoms with Crippen LogP contribution in [0.2, 0.25) is 0 Å². The molecule has 154 valence electrons. The van der Waals surface area contributed by atoms with Crippen molar-refractivity contribution in [2.24, 2.45) is 0 Å². The lowest BCUT2D eigenvalue weighted by Gasteiger charge is -2.23. The van der Waals surface area contributed by atoms with Crippen molar-refractivity contribution < 1.29 is 4.79 Å². The van der Waals surface area contributed by atoms with Gasteiger partial charge in [-0.05, 0) is 50.6 Å². The van der Waals surface area contributed by atoms with Gasteiger partial charge in [0.15, 0.2) is 0 Å². The van der Waals surface area contributed by atoms with Crippen LogP contribution in [-0.2, 0) is 0 Å². The van der Waals surface area contributed by atoms with Gasteiger partial charge in [0.2, 0.25) is 0 Å². The summed E-state index contributed by atoms with van der Waals surface area (Å²) in [6.45, 7) is 6.53. The van der Waals surface area contributed by atoms with Crippen molar-refractivity contribution in [3.05, 3.63) is 75.4 Å². The van der Waals surface area contributed by atoms with E-state index >= 15 is 0 Å². The predicted octanol–water partition coefficient (Wildman–Crippen LogP) is 4.70. The van der Waals surface area contributed by atoms with Crippen LogP contribution in [0.4, 0.5) is 5.69 Å². The highest BCUT2D eigenvalue weighted by atomic mass is 32.1. The molecule has 2 aromatic heterocycles. The molecule has 4 rings (SSSR count). The Morgan fingerprint density at radius 1 is 1.10 bits per heavy atom. The zero-order valence-electron chi connectivity index (χ0n) is 17.2. The van der Waals surface area contributed by atoms with E-state index in [9.17, 15) is 9.59 Å². The fraction of sp³-hybridized carbons (Fsp3) is 0.250. The third-order valence-electron chi connectivity index (χ3n) is 5.26. The zero-order valence-corrected chi connectivity index (χ0v) is 18.0. The number of carbonyl (C=O) groups excluding carboxylic acids is 1. The van der Waals surface area contributed by atoms with Crippen molar-refractivity contribution in [2.75, 3.05) is 24.5 Å². The van der Waals surface area contributed by atoms with Crippen LogP contribution >= 0.6 is 11.3 Å². The van der Waals surface area contributed by atoms with Crippen molar-refractivity contribution in [3.8, 4) is 0 Å². The van der Waals surface area contributed by atoms with Crippen LogP contribution in [0.3, 0.4) is 0 Å². The highest BCUT2D eigenvalue weighted by Gasteiger charge is 2.15. The number of hydrogen-bond acceptors (Lipinski definition) is 4. The minimum Gasteiger partial charge on any atom is -0.372 e. The van der Waals surface area contributed by atoms with Gasteiger partial charge in [0.05, 0.1) is 10.3 Å². The van der Waals surface area contributed by atoms with Crippen LogP contribution < -0.4 is 15.8 Å². The van der Waals surface area contributed by atoms with Crippen LogP contribution in [0.25, 0.3) is 21.0 Å². The summed E-state index contributed by atoms with van der Waals surface area (Å²) in [5.74, 6) is -0.126. The number of hydrogen-bond donors (Lipinski definition) is 2. The van der Waals surface area contributed by atoms with Crippen LogP contribution in [0.15, 0.2) is 59.4 Å². The molecule has 0 radical (unpaired) electrons. The van der Waals surface area contributed by atoms with Crippen molar-refractivity contribution in [2.45, 2.75) is 20.3 Å². The van der Waals surface area contributed by atoms with Crippen molar-refractivity contribution in [1.82, 2.24) is 10.3 Å². The standard InChI is InChI=1S/C24H25N3O2S/c1-3-27(17-8-5-4-6-9-17)13-7-12-25-24(29)21-15-19-22(30-21)18-14-16(2)10-11-20(18)26-23(19)28/h4-6,8-11,14-15H,3,7,12-13H2,1-2H3,(H,25,29)(H,26,28). The molecule has 2 heterocycles. The number of pyridine rings is 1. The van der Waals surface area contributed by atoms with Crippen LogP contribution in [0, 0.1) is 6.92 Å². The first-order valence-corrected chi connectivity index (χ1v) is 11.0. The summed E-state index contributed by atoms with van der Waals surface area (Å²) in [6.07, 6.45) is 0.849. The Morgan fingerprint density at radius 3 is 2.67 bits per heavy atom. The Bertz CT molecular complexity index is 1240. The molecule has 5 nitrogen and oxygen atoms in total. The normalized spacial score (nSPS) is 11.1. The molecule has 0 saturated heterocycles. The van der Waals surface area contributed by atoms with Crippen LogP contribution in [0.5, 0.6) is 0 Å². The van der Waals surface area contributed by atoms with Gasteiger partial charge in [0.1, 0.15) is 0 Å². The second kappa shape index (κ2) is 8.71. The summed E-state index contributed by atoms with van der Waals surface area (Å²) < 4.78 is 0.865. The van der Waals surface area contributed by atoms with E-state index in [2.05, 4.69) is 40.3 Å². The number of aryl methyl sites for hydroxylation is 1. The molecule has 0 aliphatic carbocycles. The lowest BCUT2D eigenvalue weighted by Crippen LogP contribution is -2.29. The van der Waals surface area contributed by atoms with Gasteiger partial charge in [0.25, 0.3) is 11.5 Å². The molecule has 0 atom stereocenters. The van der Waals surface area contributed by atoms with Crippen molar-refractivity contribution in [3.63, 3.8) is 0 Å². The van der Waals surface area contributed by atoms with Gasteiger partial charge in [-0.15, -0.1) is 11.3 Å². The molecular formula is C24H25N3O2S. The summed E-state index contributed by atoms with van der Waals surface area (Å²) in [7, 11) is 0. The molecule has 2 aromatic carbocycles. The zero-order chi connectivity index (χ0) is 21.1. The van der Waals surface area contributed by atoms with E-state index < -0.39 is 0 Å². The van der Waals surface area contributed by atoms with Gasteiger partial charge in [-0.3, -0.25) is 9.59 Å². The number of amides is 1. The maximum absolute atomic E-state index is 12.7. The molecular weight excluding hydrogens is 394 g/mol. The maximum atomic E-state index is 12.7. The largest absolute Gasteiger partial charge is 0.372 e. The number of H-pyrrole nitrogens is 1. The number of carbonyl (C=O) groups is 1. The first-order valence-electron chi connectivity index (χ1n) is 10.2. The van der Waals surface area contributed by atoms with E-state index in [1.165, 1.54) is 17.0 Å². The number of para-hydroxylation sites is 1. The summed E-state index contributed by atoms with van der Waals surface area (Å²) >= 11 is 1.38. The molecule has 30 heavy (non-hydrogen) atoms. The Hall–Kier alpha value is -3.12. The van der Waals surface area contributed by atoms with Crippen molar-refractivity contribution >= 4 is 43.9 Å². The lowest BCUT2D eigenvalue weighted by atomic mass is 10.1. The van der Waals surface area contributed by atoms with E-state index in [1.54, 1.807) is 6.07 Å². The molecule has 0 bridgehead atoms. The van der Waals surface area contributed by atoms with Gasteiger partial charge >= 0.3 is 0 Å². The minimum atomic E-state index is -0.155. The van der Waals surface area contributed by atoms with Crippen LogP contribution in [0.1, 0.15) is 28.6 Å². The fourth-order valence-corrected chi connectivity index (χ4v) is 4.79. The second-order valence-corrected chi connectivity index (χ2v) is 8.43. The number of aromatic amines is 1. The molecule has 6 heteroatoms. The number of fused-ring (bicyclic) bond motifs is 3. The Morgan fingerprint density at radius 2 is 1.90 bits per heavy atom. The molecule has 0 aliphatic heterocycles. The number of anilines is 1. The van der Waals surface area contributed by atoms with E-state index in [1.807, 2.05) is 37.3 Å². The van der Waals surface area contributed by atoms with Gasteiger partial charge in [0, 0.05) is 40.9 Å². The SMILES string of the molecule is CCN(CCCNC(=O)c1cc2c(=O)[nH]c3ccc(C)cc3c2s1)c1ccccc1. The third kappa shape index (κ3) is 4.09. The topological polar surface area (TPSA) is 65.2 Å². The summed E-state index contributed by atoms with van der Waals surface area (Å²) in [6, 6.07) is 17.9. The first kappa shape index (κ1) is 20.2. The smallest absolute Gasteiger partial charge is 0.261 e. The van der Waals surface area contributed by atoms with Gasteiger partial charge in [-0.25, -0.2) is 0 Å². The summed E-state index contributed by atoms with van der Waals surface area (Å²) in [4.78, 5) is 30.9.